The average Bonchev–Trinajstić information content (AvgIpc) is 3.76. The van der Waals surface area contributed by atoms with Gasteiger partial charge in [-0.15, -0.1) is 0 Å². The van der Waals surface area contributed by atoms with Gasteiger partial charge in [0.25, 0.3) is 0 Å². The van der Waals surface area contributed by atoms with Gasteiger partial charge in [0.05, 0.1) is 0 Å². The number of fused-ring (bicyclic) bond motifs is 6. The summed E-state index contributed by atoms with van der Waals surface area (Å²) in [6, 6.07) is 55.7. The predicted octanol–water partition coefficient (Wildman–Crippen LogP) is 12.0. The number of benzene rings is 7. The molecule has 3 aromatic heterocycles. The lowest BCUT2D eigenvalue weighted by atomic mass is 9.98. The quantitative estimate of drug-likeness (QED) is 0.187. The van der Waals surface area contributed by atoms with Crippen molar-refractivity contribution in [2.24, 2.45) is 0 Å². The molecule has 5 heteroatoms. The zero-order valence-electron chi connectivity index (χ0n) is 26.7. The zero-order chi connectivity index (χ0) is 33.0. The molecule has 0 aliphatic rings. The van der Waals surface area contributed by atoms with Crippen LogP contribution in [0.25, 0.3) is 100 Å². The average molecular weight is 642 g/mol. The van der Waals surface area contributed by atoms with E-state index < -0.39 is 0 Å². The van der Waals surface area contributed by atoms with Crippen LogP contribution in [0.15, 0.2) is 173 Å². The van der Waals surface area contributed by atoms with Crippen molar-refractivity contribution >= 4 is 43.9 Å². The van der Waals surface area contributed by atoms with Crippen LogP contribution >= 0.6 is 0 Å². The highest BCUT2D eigenvalue weighted by Crippen LogP contribution is 2.40. The summed E-state index contributed by atoms with van der Waals surface area (Å²) >= 11 is 0. The summed E-state index contributed by atoms with van der Waals surface area (Å²) in [5.74, 6) is 1.77. The Morgan fingerprint density at radius 3 is 1.50 bits per heavy atom. The van der Waals surface area contributed by atoms with Gasteiger partial charge in [0, 0.05) is 43.8 Å². The van der Waals surface area contributed by atoms with Gasteiger partial charge >= 0.3 is 0 Å². The summed E-state index contributed by atoms with van der Waals surface area (Å²) in [6.07, 6.45) is 0. The molecule has 0 amide bonds. The molecule has 0 unspecified atom stereocenters. The molecule has 5 nitrogen and oxygen atoms in total. The number of hydrogen-bond donors (Lipinski definition) is 0. The molecule has 0 bridgehead atoms. The van der Waals surface area contributed by atoms with Gasteiger partial charge in [-0.2, -0.15) is 0 Å². The van der Waals surface area contributed by atoms with Crippen LogP contribution in [0.5, 0.6) is 0 Å². The third kappa shape index (κ3) is 4.75. The minimum atomic E-state index is 0.585. The Balaban J connectivity index is 1.19. The maximum atomic E-state index is 6.46. The summed E-state index contributed by atoms with van der Waals surface area (Å²) in [5.41, 5.74) is 10.3. The Morgan fingerprint density at radius 1 is 0.300 bits per heavy atom. The van der Waals surface area contributed by atoms with Crippen LogP contribution in [0.4, 0.5) is 0 Å². The molecule has 7 aromatic carbocycles. The van der Waals surface area contributed by atoms with Gasteiger partial charge in [-0.3, -0.25) is 0 Å². The van der Waals surface area contributed by atoms with Gasteiger partial charge in [0.1, 0.15) is 22.3 Å². The van der Waals surface area contributed by atoms with Gasteiger partial charge in [0.2, 0.25) is 0 Å². The SMILES string of the molecule is c1ccc(-c2ccc3oc4ccc(-c5nc(-c6ccccc6)nc(-c6cc(-c7ccccc7)c7oc8ccccc8c7c6)n5)cc4c3c2)cc1. The first-order valence-corrected chi connectivity index (χ1v) is 16.6. The summed E-state index contributed by atoms with van der Waals surface area (Å²) in [4.78, 5) is 15.3. The standard InChI is InChI=1S/C45H27N3O2/c1-4-12-28(13-5-1)31-20-22-40-36(24-31)37-25-32(21-23-41(37)49-40)44-46-43(30-16-8-3-9-17-30)47-45(48-44)33-26-35(29-14-6-2-7-15-29)42-38(27-33)34-18-10-11-19-39(34)50-42/h1-27H. The number of furan rings is 2. The van der Waals surface area contributed by atoms with E-state index in [1.165, 1.54) is 0 Å². The van der Waals surface area contributed by atoms with E-state index in [-0.39, 0.29) is 0 Å². The topological polar surface area (TPSA) is 65.0 Å². The summed E-state index contributed by atoms with van der Waals surface area (Å²) in [7, 11) is 0. The van der Waals surface area contributed by atoms with E-state index in [2.05, 4.69) is 72.8 Å². The molecular weight excluding hydrogens is 615 g/mol. The number of nitrogens with zero attached hydrogens (tertiary/aromatic N) is 3. The first-order valence-electron chi connectivity index (χ1n) is 16.6. The van der Waals surface area contributed by atoms with Gasteiger partial charge in [-0.1, -0.05) is 115 Å². The molecule has 0 N–H and O–H groups in total. The van der Waals surface area contributed by atoms with Gasteiger partial charge in [0.15, 0.2) is 17.5 Å². The molecule has 0 aliphatic heterocycles. The van der Waals surface area contributed by atoms with Crippen molar-refractivity contribution < 1.29 is 8.83 Å². The third-order valence-corrected chi connectivity index (χ3v) is 9.32. The molecule has 0 saturated carbocycles. The zero-order valence-corrected chi connectivity index (χ0v) is 26.7. The Bertz CT molecular complexity index is 2860. The molecule has 0 radical (unpaired) electrons. The van der Waals surface area contributed by atoms with Crippen LogP contribution < -0.4 is 0 Å². The molecular formula is C45H27N3O2. The Labute approximate surface area is 287 Å². The molecule has 10 aromatic rings. The van der Waals surface area contributed by atoms with Crippen molar-refractivity contribution in [2.45, 2.75) is 0 Å². The van der Waals surface area contributed by atoms with Crippen LogP contribution in [-0.2, 0) is 0 Å². The first-order chi connectivity index (χ1) is 24.7. The largest absolute Gasteiger partial charge is 0.456 e. The smallest absolute Gasteiger partial charge is 0.164 e. The van der Waals surface area contributed by atoms with Crippen molar-refractivity contribution in [3.63, 3.8) is 0 Å². The fourth-order valence-corrected chi connectivity index (χ4v) is 6.87. The molecule has 50 heavy (non-hydrogen) atoms. The highest BCUT2D eigenvalue weighted by atomic mass is 16.3. The molecule has 3 heterocycles. The molecule has 10 rings (SSSR count). The second kappa shape index (κ2) is 11.4. The van der Waals surface area contributed by atoms with Crippen LogP contribution in [0.3, 0.4) is 0 Å². The fourth-order valence-electron chi connectivity index (χ4n) is 6.87. The highest BCUT2D eigenvalue weighted by molar-refractivity contribution is 6.11. The van der Waals surface area contributed by atoms with Crippen molar-refractivity contribution in [3.05, 3.63) is 164 Å². The van der Waals surface area contributed by atoms with Crippen molar-refractivity contribution in [2.75, 3.05) is 0 Å². The second-order valence-corrected chi connectivity index (χ2v) is 12.4. The van der Waals surface area contributed by atoms with Gasteiger partial charge in [-0.05, 0) is 65.2 Å². The summed E-state index contributed by atoms with van der Waals surface area (Å²) in [5, 5.41) is 4.12. The third-order valence-electron chi connectivity index (χ3n) is 9.32. The minimum absolute atomic E-state index is 0.585. The van der Waals surface area contributed by atoms with Crippen molar-refractivity contribution in [3.8, 4) is 56.4 Å². The highest BCUT2D eigenvalue weighted by Gasteiger charge is 2.19. The van der Waals surface area contributed by atoms with Crippen LogP contribution in [-0.4, -0.2) is 15.0 Å². The Hall–Kier alpha value is -6.85. The summed E-state index contributed by atoms with van der Waals surface area (Å²) < 4.78 is 12.7. The van der Waals surface area contributed by atoms with E-state index in [1.807, 2.05) is 91.0 Å². The maximum Gasteiger partial charge on any atom is 0.164 e. The van der Waals surface area contributed by atoms with E-state index in [9.17, 15) is 0 Å². The lowest BCUT2D eigenvalue weighted by Crippen LogP contribution is -2.00. The molecule has 0 atom stereocenters. The Morgan fingerprint density at radius 2 is 0.800 bits per heavy atom. The van der Waals surface area contributed by atoms with Crippen LogP contribution in [0, 0.1) is 0 Å². The number of aromatic nitrogens is 3. The van der Waals surface area contributed by atoms with Crippen molar-refractivity contribution in [1.82, 2.24) is 15.0 Å². The number of rotatable bonds is 5. The van der Waals surface area contributed by atoms with Crippen molar-refractivity contribution in [1.29, 1.82) is 0 Å². The lowest BCUT2D eigenvalue weighted by molar-refractivity contribution is 0.669. The molecule has 0 spiro atoms. The maximum absolute atomic E-state index is 6.46. The molecule has 234 valence electrons. The van der Waals surface area contributed by atoms with E-state index in [1.54, 1.807) is 0 Å². The van der Waals surface area contributed by atoms with E-state index in [0.29, 0.717) is 17.5 Å². The van der Waals surface area contributed by atoms with E-state index in [0.717, 1.165) is 82.8 Å². The van der Waals surface area contributed by atoms with Gasteiger partial charge < -0.3 is 8.83 Å². The van der Waals surface area contributed by atoms with Crippen LogP contribution in [0.2, 0.25) is 0 Å². The number of para-hydroxylation sites is 1. The molecule has 0 aliphatic carbocycles. The van der Waals surface area contributed by atoms with Gasteiger partial charge in [-0.25, -0.2) is 15.0 Å². The second-order valence-electron chi connectivity index (χ2n) is 12.4. The molecule has 0 fully saturated rings. The summed E-state index contributed by atoms with van der Waals surface area (Å²) in [6.45, 7) is 0. The number of hydrogen-bond acceptors (Lipinski definition) is 5. The van der Waals surface area contributed by atoms with E-state index in [4.69, 9.17) is 23.8 Å². The Kier molecular flexibility index (Phi) is 6.42. The fraction of sp³-hybridized carbons (Fsp3) is 0. The first kappa shape index (κ1) is 28.2. The minimum Gasteiger partial charge on any atom is -0.456 e. The van der Waals surface area contributed by atoms with Crippen LogP contribution in [0.1, 0.15) is 0 Å². The monoisotopic (exact) mass is 641 g/mol. The normalized spacial score (nSPS) is 11.6. The predicted molar refractivity (Wildman–Crippen MR) is 202 cm³/mol. The molecule has 0 saturated heterocycles. The lowest BCUT2D eigenvalue weighted by Gasteiger charge is -2.10. The van der Waals surface area contributed by atoms with E-state index >= 15 is 0 Å².